The van der Waals surface area contributed by atoms with E-state index in [0.717, 1.165) is 26.1 Å². The van der Waals surface area contributed by atoms with Crippen molar-refractivity contribution in [2.45, 2.75) is 0 Å². The van der Waals surface area contributed by atoms with Crippen LogP contribution in [0.1, 0.15) is 0 Å². The molecule has 3 nitrogen and oxygen atoms in total. The van der Waals surface area contributed by atoms with Crippen LogP contribution in [0.3, 0.4) is 0 Å². The zero-order chi connectivity index (χ0) is 13.5. The fraction of sp³-hybridized carbons (Fsp3) is 0. The molecular formula is C16H10BeN2OS+2. The summed E-state index contributed by atoms with van der Waals surface area (Å²) in [6.07, 6.45) is 1.79. The van der Waals surface area contributed by atoms with Gasteiger partial charge in [0.2, 0.25) is 5.52 Å². The average Bonchev–Trinajstić information content (AvgIpc) is 2.92. The maximum absolute atomic E-state index is 11.9. The van der Waals surface area contributed by atoms with Crippen molar-refractivity contribution in [3.63, 3.8) is 0 Å². The number of nitrogens with one attached hydrogen (secondary N) is 1. The van der Waals surface area contributed by atoms with Crippen molar-refractivity contribution in [3.8, 4) is 16.3 Å². The second kappa shape index (κ2) is 5.24. The molecule has 0 aliphatic carbocycles. The van der Waals surface area contributed by atoms with E-state index in [1.807, 2.05) is 30.3 Å². The van der Waals surface area contributed by atoms with E-state index in [4.69, 9.17) is 0 Å². The van der Waals surface area contributed by atoms with E-state index in [2.05, 4.69) is 16.0 Å². The van der Waals surface area contributed by atoms with Crippen LogP contribution >= 0.6 is 11.3 Å². The van der Waals surface area contributed by atoms with Crippen LogP contribution in [0.5, 0.6) is 5.75 Å². The topological polar surface area (TPSA) is 50.1 Å². The van der Waals surface area contributed by atoms with Crippen LogP contribution < -0.4 is 10.1 Å². The van der Waals surface area contributed by atoms with E-state index < -0.39 is 0 Å². The first kappa shape index (κ1) is 13.7. The van der Waals surface area contributed by atoms with Crippen LogP contribution in [-0.2, 0) is 0 Å². The fourth-order valence-electron chi connectivity index (χ4n) is 2.36. The summed E-state index contributed by atoms with van der Waals surface area (Å²) >= 11 is 1.60. The minimum Gasteiger partial charge on any atom is -0.872 e. The first-order valence-electron chi connectivity index (χ1n) is 6.29. The molecule has 0 saturated heterocycles. The van der Waals surface area contributed by atoms with Gasteiger partial charge < -0.3 is 5.11 Å². The average molecular weight is 287 g/mol. The molecular weight excluding hydrogens is 277 g/mol. The number of benzene rings is 2. The zero-order valence-corrected chi connectivity index (χ0v) is 12.0. The maximum atomic E-state index is 11.9. The largest absolute Gasteiger partial charge is 2.00 e. The van der Waals surface area contributed by atoms with Crippen molar-refractivity contribution in [1.82, 2.24) is 4.98 Å². The van der Waals surface area contributed by atoms with Crippen molar-refractivity contribution < 1.29 is 10.1 Å². The van der Waals surface area contributed by atoms with Gasteiger partial charge in [-0.3, -0.25) is 4.98 Å². The van der Waals surface area contributed by atoms with Gasteiger partial charge in [-0.05, 0) is 24.3 Å². The molecule has 0 aliphatic rings. The van der Waals surface area contributed by atoms with Gasteiger partial charge in [-0.25, -0.2) is 0 Å². The van der Waals surface area contributed by atoms with Crippen LogP contribution in [0.2, 0.25) is 0 Å². The number of nitrogens with zero attached hydrogens (tertiary/aromatic N) is 1. The van der Waals surface area contributed by atoms with E-state index >= 15 is 0 Å². The van der Waals surface area contributed by atoms with Crippen molar-refractivity contribution >= 4 is 42.6 Å². The summed E-state index contributed by atoms with van der Waals surface area (Å²) in [6.45, 7) is 0. The van der Waals surface area contributed by atoms with E-state index in [0.29, 0.717) is 5.56 Å². The standard InChI is InChI=1S/C16H10N2OS.Be/c19-14-6-2-1-4-11(14)16-18-13-8-7-12-10(15(13)20-16)5-3-9-17-12;/h1-9,19H;/q;+2. The molecule has 2 aromatic heterocycles. The third kappa shape index (κ3) is 2.19. The van der Waals surface area contributed by atoms with E-state index in [1.165, 1.54) is 0 Å². The zero-order valence-electron chi connectivity index (χ0n) is 11.2. The predicted octanol–water partition coefficient (Wildman–Crippen LogP) is 2.62. The number of aromatic amines is 1. The molecule has 96 valence electrons. The third-order valence-corrected chi connectivity index (χ3v) is 4.49. The van der Waals surface area contributed by atoms with Gasteiger partial charge in [-0.2, -0.15) is 4.98 Å². The summed E-state index contributed by atoms with van der Waals surface area (Å²) in [6, 6.07) is 15.1. The molecule has 0 unspecified atom stereocenters. The second-order valence-corrected chi connectivity index (χ2v) is 5.59. The first-order chi connectivity index (χ1) is 9.83. The van der Waals surface area contributed by atoms with Crippen molar-refractivity contribution in [2.75, 3.05) is 0 Å². The Labute approximate surface area is 129 Å². The third-order valence-electron chi connectivity index (χ3n) is 3.32. The molecule has 2 aromatic carbocycles. The molecule has 4 aromatic rings. The Morgan fingerprint density at radius 1 is 1.00 bits per heavy atom. The molecule has 1 N–H and O–H groups in total. The monoisotopic (exact) mass is 287 g/mol. The van der Waals surface area contributed by atoms with Crippen LogP contribution in [0.25, 0.3) is 31.7 Å². The summed E-state index contributed by atoms with van der Waals surface area (Å²) in [7, 11) is 0. The number of H-pyrrole nitrogens is 1. The smallest absolute Gasteiger partial charge is 0.872 e. The van der Waals surface area contributed by atoms with Crippen LogP contribution in [0.15, 0.2) is 54.7 Å². The van der Waals surface area contributed by atoms with Gasteiger partial charge in [0, 0.05) is 23.2 Å². The Kier molecular flexibility index (Phi) is 3.42. The van der Waals surface area contributed by atoms with Gasteiger partial charge in [0.25, 0.3) is 5.01 Å². The number of hydrogen-bond acceptors (Lipinski definition) is 3. The van der Waals surface area contributed by atoms with Gasteiger partial charge >= 0.3 is 10.1 Å². The first-order valence-corrected chi connectivity index (χ1v) is 7.10. The summed E-state index contributed by atoms with van der Waals surface area (Å²) in [5.74, 6) is 0.0396. The molecule has 4 rings (SSSR count). The minimum absolute atomic E-state index is 0. The van der Waals surface area contributed by atoms with Crippen molar-refractivity contribution in [1.29, 1.82) is 0 Å². The molecule has 0 atom stereocenters. The van der Waals surface area contributed by atoms with E-state index in [-0.39, 0.29) is 15.9 Å². The number of aromatic nitrogens is 2. The van der Waals surface area contributed by atoms with E-state index in [1.54, 1.807) is 29.7 Å². The fourth-order valence-corrected chi connectivity index (χ4v) is 3.52. The Morgan fingerprint density at radius 3 is 2.71 bits per heavy atom. The number of para-hydroxylation sites is 1. The molecule has 0 bridgehead atoms. The van der Waals surface area contributed by atoms with Crippen molar-refractivity contribution in [2.24, 2.45) is 0 Å². The summed E-state index contributed by atoms with van der Waals surface area (Å²) in [4.78, 5) is 7.70. The molecule has 0 amide bonds. The normalized spacial score (nSPS) is 10.7. The minimum atomic E-state index is 0. The van der Waals surface area contributed by atoms with Gasteiger partial charge in [0.15, 0.2) is 0 Å². The molecule has 0 spiro atoms. The van der Waals surface area contributed by atoms with E-state index in [9.17, 15) is 5.11 Å². The predicted molar refractivity (Wildman–Crippen MR) is 84.3 cm³/mol. The quantitative estimate of drug-likeness (QED) is 0.505. The Bertz CT molecular complexity index is 936. The molecule has 0 aliphatic heterocycles. The Balaban J connectivity index is 0.00000132. The maximum Gasteiger partial charge on any atom is 2.00 e. The summed E-state index contributed by atoms with van der Waals surface area (Å²) in [5.41, 5.74) is 2.72. The number of thiazole rings is 1. The Morgan fingerprint density at radius 2 is 1.86 bits per heavy atom. The SMILES string of the molecule is [Be+2].[O-]c1ccccc1-c1[nH+]c2ccc3ncccc3c2s1. The number of pyridine rings is 1. The molecule has 21 heavy (non-hydrogen) atoms. The molecule has 0 radical (unpaired) electrons. The van der Waals surface area contributed by atoms with Gasteiger partial charge in [-0.1, -0.05) is 35.3 Å². The summed E-state index contributed by atoms with van der Waals surface area (Å²) in [5, 5.41) is 13.9. The van der Waals surface area contributed by atoms with Gasteiger partial charge in [0.05, 0.1) is 5.52 Å². The molecule has 5 heteroatoms. The van der Waals surface area contributed by atoms with Crippen molar-refractivity contribution in [3.05, 3.63) is 54.7 Å². The summed E-state index contributed by atoms with van der Waals surface area (Å²) < 4.78 is 1.13. The Hall–Kier alpha value is -2.29. The van der Waals surface area contributed by atoms with Gasteiger partial charge in [0.1, 0.15) is 4.70 Å². The second-order valence-electron chi connectivity index (χ2n) is 4.56. The van der Waals surface area contributed by atoms with Crippen LogP contribution in [0.4, 0.5) is 0 Å². The molecule has 0 saturated carbocycles. The van der Waals surface area contributed by atoms with Gasteiger partial charge in [-0.15, -0.1) is 0 Å². The van der Waals surface area contributed by atoms with Crippen LogP contribution in [0, 0.1) is 0 Å². The molecule has 2 heterocycles. The number of rotatable bonds is 1. The molecule has 0 fully saturated rings. The number of fused-ring (bicyclic) bond motifs is 3. The number of hydrogen-bond donors (Lipinski definition) is 0. The van der Waals surface area contributed by atoms with Crippen LogP contribution in [-0.4, -0.2) is 15.1 Å².